The number of benzene rings is 1. The summed E-state index contributed by atoms with van der Waals surface area (Å²) in [6, 6.07) is 8.51. The van der Waals surface area contributed by atoms with Gasteiger partial charge in [-0.1, -0.05) is 49.6 Å². The molecule has 5 nitrogen and oxygen atoms in total. The van der Waals surface area contributed by atoms with Gasteiger partial charge in [-0.2, -0.15) is 0 Å². The van der Waals surface area contributed by atoms with Crippen LogP contribution >= 0.6 is 0 Å². The molecule has 0 aromatic heterocycles. The molecule has 1 aliphatic carbocycles. The fourth-order valence-corrected chi connectivity index (χ4v) is 2.91. The highest BCUT2D eigenvalue weighted by molar-refractivity contribution is 5.95. The molecular weight excluding hydrogens is 304 g/mol. The molecule has 5 heteroatoms. The fourth-order valence-electron chi connectivity index (χ4n) is 2.91. The first-order valence-corrected chi connectivity index (χ1v) is 8.61. The molecule has 1 atom stereocenters. The molecule has 2 amide bonds. The summed E-state index contributed by atoms with van der Waals surface area (Å²) >= 11 is 0. The average Bonchev–Trinajstić information content (AvgIpc) is 2.64. The predicted molar refractivity (Wildman–Crippen MR) is 94.1 cm³/mol. The molecule has 0 heterocycles. The maximum atomic E-state index is 12.1. The van der Waals surface area contributed by atoms with E-state index in [1.807, 2.05) is 30.3 Å². The Labute approximate surface area is 143 Å². The Morgan fingerprint density at radius 3 is 2.54 bits per heavy atom. The lowest BCUT2D eigenvalue weighted by Gasteiger charge is -2.23. The van der Waals surface area contributed by atoms with Crippen LogP contribution in [0.25, 0.3) is 6.08 Å². The minimum Gasteiger partial charge on any atom is -0.394 e. The van der Waals surface area contributed by atoms with Gasteiger partial charge in [0.2, 0.25) is 11.8 Å². The quantitative estimate of drug-likeness (QED) is 0.668. The lowest BCUT2D eigenvalue weighted by molar-refractivity contribution is -0.128. The van der Waals surface area contributed by atoms with Crippen LogP contribution in [0, 0.1) is 5.92 Å². The van der Waals surface area contributed by atoms with Gasteiger partial charge in [0.15, 0.2) is 0 Å². The van der Waals surface area contributed by atoms with Crippen LogP contribution in [0.4, 0.5) is 0 Å². The maximum Gasteiger partial charge on any atom is 0.244 e. The number of aliphatic hydroxyl groups excluding tert-OH is 1. The van der Waals surface area contributed by atoms with Crippen LogP contribution in [0.3, 0.4) is 0 Å². The summed E-state index contributed by atoms with van der Waals surface area (Å²) in [6.07, 6.45) is 9.01. The number of rotatable bonds is 7. The molecule has 0 saturated heterocycles. The number of carbonyl (C=O) groups is 2. The third-order valence-electron chi connectivity index (χ3n) is 4.33. The van der Waals surface area contributed by atoms with E-state index in [1.54, 1.807) is 6.08 Å². The summed E-state index contributed by atoms with van der Waals surface area (Å²) in [4.78, 5) is 24.0. The van der Waals surface area contributed by atoms with Crippen LogP contribution in [0.1, 0.15) is 37.7 Å². The van der Waals surface area contributed by atoms with Crippen molar-refractivity contribution in [1.29, 1.82) is 0 Å². The van der Waals surface area contributed by atoms with Gasteiger partial charge in [-0.3, -0.25) is 9.59 Å². The van der Waals surface area contributed by atoms with E-state index in [0.717, 1.165) is 18.4 Å². The van der Waals surface area contributed by atoms with Crippen molar-refractivity contribution in [2.24, 2.45) is 5.92 Å². The van der Waals surface area contributed by atoms with Gasteiger partial charge in [0, 0.05) is 12.6 Å². The van der Waals surface area contributed by atoms with Crippen molar-refractivity contribution in [1.82, 2.24) is 10.6 Å². The molecule has 1 aromatic carbocycles. The van der Waals surface area contributed by atoms with Crippen molar-refractivity contribution in [3.63, 3.8) is 0 Å². The minimum absolute atomic E-state index is 0.329. The second-order valence-corrected chi connectivity index (χ2v) is 6.24. The van der Waals surface area contributed by atoms with Crippen molar-refractivity contribution in [3.05, 3.63) is 42.0 Å². The van der Waals surface area contributed by atoms with Crippen molar-refractivity contribution in [2.75, 3.05) is 13.2 Å². The van der Waals surface area contributed by atoms with Crippen molar-refractivity contribution in [3.8, 4) is 0 Å². The number of aliphatic hydroxyl groups is 1. The second-order valence-electron chi connectivity index (χ2n) is 6.24. The molecule has 0 bridgehead atoms. The van der Waals surface area contributed by atoms with Gasteiger partial charge < -0.3 is 15.7 Å². The van der Waals surface area contributed by atoms with Crippen LogP contribution < -0.4 is 10.6 Å². The summed E-state index contributed by atoms with van der Waals surface area (Å²) in [5.74, 6) is -0.217. The van der Waals surface area contributed by atoms with Crippen LogP contribution in [0.5, 0.6) is 0 Å². The molecule has 2 rings (SSSR count). The Morgan fingerprint density at radius 2 is 1.88 bits per heavy atom. The summed E-state index contributed by atoms with van der Waals surface area (Å²) < 4.78 is 0. The first-order valence-electron chi connectivity index (χ1n) is 8.61. The predicted octanol–water partition coefficient (Wildman–Crippen LogP) is 1.87. The highest BCUT2D eigenvalue weighted by Crippen LogP contribution is 2.22. The summed E-state index contributed by atoms with van der Waals surface area (Å²) in [5.41, 5.74) is 0.898. The molecule has 1 unspecified atom stereocenters. The van der Waals surface area contributed by atoms with E-state index in [1.165, 1.54) is 25.3 Å². The second kappa shape index (κ2) is 9.88. The third kappa shape index (κ3) is 6.16. The first kappa shape index (κ1) is 18.2. The molecular formula is C19H26N2O3. The third-order valence-corrected chi connectivity index (χ3v) is 4.33. The molecule has 24 heavy (non-hydrogen) atoms. The molecule has 0 spiro atoms. The lowest BCUT2D eigenvalue weighted by Crippen LogP contribution is -2.49. The number of hydrogen-bond donors (Lipinski definition) is 3. The molecule has 0 aliphatic heterocycles. The Morgan fingerprint density at radius 1 is 1.17 bits per heavy atom. The number of carbonyl (C=O) groups excluding carboxylic acids is 2. The zero-order chi connectivity index (χ0) is 17.2. The molecule has 130 valence electrons. The Kier molecular flexibility index (Phi) is 7.49. The standard InChI is InChI=1S/C19H26N2O3/c22-14-17(19(24)20-13-16-9-5-2-6-10-16)21-18(23)12-11-15-7-3-1-4-8-15/h1,3-4,7-8,11-12,16-17,22H,2,5-6,9-10,13-14H2,(H,20,24)(H,21,23). The zero-order valence-electron chi connectivity index (χ0n) is 13.9. The first-order chi connectivity index (χ1) is 11.7. The molecule has 1 aliphatic rings. The SMILES string of the molecule is O=C(C=Cc1ccccc1)NC(CO)C(=O)NCC1CCCCC1. The highest BCUT2D eigenvalue weighted by atomic mass is 16.3. The monoisotopic (exact) mass is 330 g/mol. The number of hydrogen-bond acceptors (Lipinski definition) is 3. The minimum atomic E-state index is -0.915. The van der Waals surface area contributed by atoms with E-state index in [-0.39, 0.29) is 5.91 Å². The van der Waals surface area contributed by atoms with Gasteiger partial charge in [0.1, 0.15) is 6.04 Å². The maximum absolute atomic E-state index is 12.1. The Balaban J connectivity index is 1.78. The van der Waals surface area contributed by atoms with Crippen molar-refractivity contribution < 1.29 is 14.7 Å². The van der Waals surface area contributed by atoms with Gasteiger partial charge in [-0.25, -0.2) is 0 Å². The summed E-state index contributed by atoms with van der Waals surface area (Å²) in [7, 11) is 0. The van der Waals surface area contributed by atoms with E-state index in [2.05, 4.69) is 10.6 Å². The number of nitrogens with one attached hydrogen (secondary N) is 2. The number of amides is 2. The highest BCUT2D eigenvalue weighted by Gasteiger charge is 2.20. The largest absolute Gasteiger partial charge is 0.394 e. The van der Waals surface area contributed by atoms with Gasteiger partial charge in [-0.05, 0) is 30.4 Å². The average molecular weight is 330 g/mol. The van der Waals surface area contributed by atoms with E-state index < -0.39 is 18.6 Å². The fraction of sp³-hybridized carbons (Fsp3) is 0.474. The molecule has 1 saturated carbocycles. The zero-order valence-corrected chi connectivity index (χ0v) is 13.9. The van der Waals surface area contributed by atoms with Crippen LogP contribution in [-0.2, 0) is 9.59 Å². The van der Waals surface area contributed by atoms with Gasteiger partial charge >= 0.3 is 0 Å². The van der Waals surface area contributed by atoms with Gasteiger partial charge in [0.25, 0.3) is 0 Å². The van der Waals surface area contributed by atoms with E-state index in [9.17, 15) is 14.7 Å². The van der Waals surface area contributed by atoms with E-state index >= 15 is 0 Å². The smallest absolute Gasteiger partial charge is 0.244 e. The normalized spacial score (nSPS) is 16.7. The summed E-state index contributed by atoms with van der Waals surface area (Å²) in [6.45, 7) is 0.201. The Bertz CT molecular complexity index is 551. The molecule has 0 radical (unpaired) electrons. The lowest BCUT2D eigenvalue weighted by atomic mass is 9.89. The van der Waals surface area contributed by atoms with Crippen molar-refractivity contribution in [2.45, 2.75) is 38.1 Å². The van der Waals surface area contributed by atoms with E-state index in [0.29, 0.717) is 12.5 Å². The molecule has 1 aromatic rings. The van der Waals surface area contributed by atoms with E-state index in [4.69, 9.17) is 0 Å². The van der Waals surface area contributed by atoms with Gasteiger partial charge in [-0.15, -0.1) is 0 Å². The van der Waals surface area contributed by atoms with Crippen LogP contribution in [0.2, 0.25) is 0 Å². The molecule has 3 N–H and O–H groups in total. The summed E-state index contributed by atoms with van der Waals surface area (Å²) in [5, 5.41) is 14.7. The van der Waals surface area contributed by atoms with Crippen molar-refractivity contribution >= 4 is 17.9 Å². The topological polar surface area (TPSA) is 78.4 Å². The van der Waals surface area contributed by atoms with Gasteiger partial charge in [0.05, 0.1) is 6.61 Å². The van der Waals surface area contributed by atoms with Crippen LogP contribution in [0.15, 0.2) is 36.4 Å². The molecule has 1 fully saturated rings. The Hall–Kier alpha value is -2.14. The van der Waals surface area contributed by atoms with Crippen LogP contribution in [-0.4, -0.2) is 36.1 Å².